The number of rotatable bonds is 15. The van der Waals surface area contributed by atoms with E-state index < -0.39 is 8.80 Å². The van der Waals surface area contributed by atoms with E-state index in [1.54, 1.807) is 0 Å². The third kappa shape index (κ3) is 17.5. The molecule has 0 rings (SSSR count). The topological polar surface area (TPSA) is 76.7 Å². The van der Waals surface area contributed by atoms with Gasteiger partial charge in [-0.3, -0.25) is 4.79 Å². The minimum Gasteiger partial charge on any atom is -0.447 e. The molecule has 0 spiro atoms. The van der Waals surface area contributed by atoms with E-state index in [0.717, 1.165) is 45.3 Å². The fourth-order valence-corrected chi connectivity index (χ4v) is 3.13. The van der Waals surface area contributed by atoms with Gasteiger partial charge >= 0.3 is 6.09 Å². The lowest BCUT2D eigenvalue weighted by atomic mass is 10.2. The first-order valence-corrected chi connectivity index (χ1v) is 12.8. The van der Waals surface area contributed by atoms with Crippen LogP contribution in [0.15, 0.2) is 0 Å². The molecule has 0 atom stereocenters. The van der Waals surface area contributed by atoms with E-state index in [4.69, 9.17) is 9.47 Å². The normalized spacial score (nSPS) is 11.0. The molecule has 148 valence electrons. The predicted octanol–water partition coefficient (Wildman–Crippen LogP) is 2.94. The van der Waals surface area contributed by atoms with Crippen LogP contribution in [0, 0.1) is 5.92 Å². The summed E-state index contributed by atoms with van der Waals surface area (Å²) in [5, 5.41) is 5.64. The van der Waals surface area contributed by atoms with Crippen molar-refractivity contribution in [2.24, 2.45) is 5.92 Å². The van der Waals surface area contributed by atoms with Crippen LogP contribution in [0.3, 0.4) is 0 Å². The molecule has 0 aliphatic heterocycles. The molecule has 0 aromatic rings. The second-order valence-corrected chi connectivity index (χ2v) is 10.4. The SMILES string of the molecule is CC(C)C(=O)NCCCCCCNC(=O)OCCOCCC[SiH](C)C. The minimum atomic E-state index is -0.474. The highest BCUT2D eigenvalue weighted by Crippen LogP contribution is 1.99. The van der Waals surface area contributed by atoms with Gasteiger partial charge in [-0.15, -0.1) is 0 Å². The molecule has 0 heterocycles. The van der Waals surface area contributed by atoms with Gasteiger partial charge in [0.15, 0.2) is 0 Å². The zero-order chi connectivity index (χ0) is 18.9. The highest BCUT2D eigenvalue weighted by molar-refractivity contribution is 6.55. The molecule has 0 bridgehead atoms. The molecule has 25 heavy (non-hydrogen) atoms. The van der Waals surface area contributed by atoms with Crippen molar-refractivity contribution < 1.29 is 19.1 Å². The molecule has 0 aromatic heterocycles. The molecule has 0 fully saturated rings. The summed E-state index contributed by atoms with van der Waals surface area (Å²) >= 11 is 0. The smallest absolute Gasteiger partial charge is 0.407 e. The fraction of sp³-hybridized carbons (Fsp3) is 0.889. The Labute approximate surface area is 155 Å². The van der Waals surface area contributed by atoms with Crippen molar-refractivity contribution in [1.82, 2.24) is 10.6 Å². The number of carbonyl (C=O) groups excluding carboxylic acids is 2. The highest BCUT2D eigenvalue weighted by atomic mass is 28.3. The van der Waals surface area contributed by atoms with Gasteiger partial charge in [0.2, 0.25) is 5.91 Å². The molecular formula is C18H38N2O4Si. The first-order chi connectivity index (χ1) is 11.9. The van der Waals surface area contributed by atoms with Crippen molar-refractivity contribution in [1.29, 1.82) is 0 Å². The lowest BCUT2D eigenvalue weighted by Gasteiger charge is -2.09. The van der Waals surface area contributed by atoms with Crippen LogP contribution in [0.25, 0.3) is 0 Å². The van der Waals surface area contributed by atoms with Gasteiger partial charge in [-0.05, 0) is 19.3 Å². The molecule has 0 aliphatic rings. The average molecular weight is 375 g/mol. The zero-order valence-corrected chi connectivity index (χ0v) is 17.7. The molecule has 0 saturated carbocycles. The number of amides is 2. The van der Waals surface area contributed by atoms with Gasteiger partial charge in [0.05, 0.1) is 6.61 Å². The number of alkyl carbamates (subject to hydrolysis) is 1. The Morgan fingerprint density at radius 1 is 0.880 bits per heavy atom. The molecule has 0 radical (unpaired) electrons. The van der Waals surface area contributed by atoms with E-state index in [0.29, 0.717) is 19.8 Å². The maximum Gasteiger partial charge on any atom is 0.407 e. The van der Waals surface area contributed by atoms with Gasteiger partial charge < -0.3 is 20.1 Å². The van der Waals surface area contributed by atoms with Gasteiger partial charge in [-0.25, -0.2) is 4.79 Å². The lowest BCUT2D eigenvalue weighted by Crippen LogP contribution is -2.28. The molecule has 0 aromatic carbocycles. The van der Waals surface area contributed by atoms with Crippen molar-refractivity contribution in [2.75, 3.05) is 32.9 Å². The summed E-state index contributed by atoms with van der Waals surface area (Å²) in [4.78, 5) is 22.8. The standard InChI is InChI=1S/C18H38N2O4Si/c1-16(2)17(21)19-10-7-5-6-8-11-20-18(22)24-14-13-23-12-9-15-25(3)4/h16,25H,5-15H2,1-4H3,(H,19,21)(H,20,22). The van der Waals surface area contributed by atoms with Gasteiger partial charge in [0.25, 0.3) is 0 Å². The summed E-state index contributed by atoms with van der Waals surface area (Å²) in [6.07, 6.45) is 4.70. The number of nitrogens with one attached hydrogen (secondary N) is 2. The Balaban J connectivity index is 3.27. The number of ether oxygens (including phenoxy) is 2. The Kier molecular flexibility index (Phi) is 15.7. The van der Waals surface area contributed by atoms with Crippen LogP contribution in [0.5, 0.6) is 0 Å². The van der Waals surface area contributed by atoms with Crippen LogP contribution in [0.4, 0.5) is 4.79 Å². The third-order valence-corrected chi connectivity index (χ3v) is 5.29. The third-order valence-electron chi connectivity index (χ3n) is 3.73. The summed E-state index contributed by atoms with van der Waals surface area (Å²) in [5.41, 5.74) is 0. The molecule has 6 nitrogen and oxygen atoms in total. The van der Waals surface area contributed by atoms with Gasteiger partial charge in [-0.1, -0.05) is 45.8 Å². The minimum absolute atomic E-state index is 0.0438. The maximum absolute atomic E-state index is 11.5. The van der Waals surface area contributed by atoms with E-state index in [1.165, 1.54) is 6.04 Å². The average Bonchev–Trinajstić information content (AvgIpc) is 2.55. The van der Waals surface area contributed by atoms with Crippen LogP contribution < -0.4 is 10.6 Å². The first-order valence-electron chi connectivity index (χ1n) is 9.69. The Bertz CT molecular complexity index is 352. The Morgan fingerprint density at radius 3 is 2.12 bits per heavy atom. The van der Waals surface area contributed by atoms with E-state index >= 15 is 0 Å². The number of hydrogen-bond donors (Lipinski definition) is 2. The monoisotopic (exact) mass is 374 g/mol. The van der Waals surface area contributed by atoms with Gasteiger partial charge in [0, 0.05) is 34.4 Å². The van der Waals surface area contributed by atoms with Crippen molar-refractivity contribution in [3.8, 4) is 0 Å². The second kappa shape index (κ2) is 16.4. The summed E-state index contributed by atoms with van der Waals surface area (Å²) < 4.78 is 10.5. The van der Waals surface area contributed by atoms with Crippen molar-refractivity contribution >= 4 is 20.8 Å². The van der Waals surface area contributed by atoms with E-state index in [-0.39, 0.29) is 17.9 Å². The van der Waals surface area contributed by atoms with E-state index in [9.17, 15) is 9.59 Å². The number of unbranched alkanes of at least 4 members (excludes halogenated alkanes) is 3. The first kappa shape index (κ1) is 23.9. The molecule has 7 heteroatoms. The molecular weight excluding hydrogens is 336 g/mol. The molecule has 2 N–H and O–H groups in total. The largest absolute Gasteiger partial charge is 0.447 e. The van der Waals surface area contributed by atoms with E-state index in [2.05, 4.69) is 23.7 Å². The summed E-state index contributed by atoms with van der Waals surface area (Å²) in [7, 11) is -0.474. The van der Waals surface area contributed by atoms with Crippen LogP contribution in [0.2, 0.25) is 19.1 Å². The quantitative estimate of drug-likeness (QED) is 0.341. The Morgan fingerprint density at radius 2 is 1.52 bits per heavy atom. The van der Waals surface area contributed by atoms with Crippen molar-refractivity contribution in [2.45, 2.75) is 65.1 Å². The molecule has 0 unspecified atom stereocenters. The van der Waals surface area contributed by atoms with Crippen LogP contribution >= 0.6 is 0 Å². The second-order valence-electron chi connectivity index (χ2n) is 7.07. The van der Waals surface area contributed by atoms with Gasteiger partial charge in [0.1, 0.15) is 6.61 Å². The van der Waals surface area contributed by atoms with Gasteiger partial charge in [-0.2, -0.15) is 0 Å². The molecule has 2 amide bonds. The Hall–Kier alpha value is -1.08. The zero-order valence-electron chi connectivity index (χ0n) is 16.6. The van der Waals surface area contributed by atoms with E-state index in [1.807, 2.05) is 13.8 Å². The maximum atomic E-state index is 11.5. The van der Waals surface area contributed by atoms with Crippen LogP contribution in [0.1, 0.15) is 46.0 Å². The number of hydrogen-bond acceptors (Lipinski definition) is 4. The van der Waals surface area contributed by atoms with Crippen molar-refractivity contribution in [3.05, 3.63) is 0 Å². The lowest BCUT2D eigenvalue weighted by molar-refractivity contribution is -0.123. The fourth-order valence-electron chi connectivity index (χ4n) is 2.15. The summed E-state index contributed by atoms with van der Waals surface area (Å²) in [5.74, 6) is 0.150. The van der Waals surface area contributed by atoms with Crippen LogP contribution in [-0.4, -0.2) is 53.7 Å². The molecule has 0 aliphatic carbocycles. The van der Waals surface area contributed by atoms with Crippen LogP contribution in [-0.2, 0) is 14.3 Å². The van der Waals surface area contributed by atoms with Crippen molar-refractivity contribution in [3.63, 3.8) is 0 Å². The summed E-state index contributed by atoms with van der Waals surface area (Å²) in [6, 6.07) is 1.30. The predicted molar refractivity (Wildman–Crippen MR) is 105 cm³/mol. The summed E-state index contributed by atoms with van der Waals surface area (Å²) in [6.45, 7) is 11.3. The molecule has 0 saturated heterocycles. The highest BCUT2D eigenvalue weighted by Gasteiger charge is 2.05. The number of carbonyl (C=O) groups is 2.